The van der Waals surface area contributed by atoms with Crippen molar-refractivity contribution in [3.8, 4) is 11.5 Å². The average molecular weight is 473 g/mol. The number of carbonyl (C=O) groups excluding carboxylic acids is 1. The fourth-order valence-electron chi connectivity index (χ4n) is 4.51. The van der Waals surface area contributed by atoms with Gasteiger partial charge in [-0.2, -0.15) is 0 Å². The maximum absolute atomic E-state index is 15.1. The van der Waals surface area contributed by atoms with E-state index in [4.69, 9.17) is 4.74 Å². The van der Waals surface area contributed by atoms with Crippen molar-refractivity contribution < 1.29 is 22.3 Å². The molecule has 0 aliphatic carbocycles. The Hall–Kier alpha value is -2.71. The number of rotatable bonds is 6. The first-order chi connectivity index (χ1) is 15.6. The van der Waals surface area contributed by atoms with E-state index >= 15 is 4.39 Å². The number of ether oxygens (including phenoxy) is 1. The van der Waals surface area contributed by atoms with Crippen LogP contribution < -0.4 is 10.1 Å². The van der Waals surface area contributed by atoms with Crippen molar-refractivity contribution in [3.05, 3.63) is 59.5 Å². The Labute approximate surface area is 194 Å². The van der Waals surface area contributed by atoms with Gasteiger partial charge < -0.3 is 15.0 Å². The molecule has 2 atom stereocenters. The van der Waals surface area contributed by atoms with Crippen molar-refractivity contribution in [2.24, 2.45) is 5.92 Å². The van der Waals surface area contributed by atoms with Gasteiger partial charge in [0.25, 0.3) is 0 Å². The van der Waals surface area contributed by atoms with E-state index in [1.165, 1.54) is 11.0 Å². The average Bonchev–Trinajstić information content (AvgIpc) is 3.28. The summed E-state index contributed by atoms with van der Waals surface area (Å²) in [5, 5.41) is 3.24. The Morgan fingerprint density at radius 2 is 1.97 bits per heavy atom. The van der Waals surface area contributed by atoms with Crippen LogP contribution in [0.1, 0.15) is 44.2 Å². The quantitative estimate of drug-likeness (QED) is 0.678. The Balaban J connectivity index is 1.86. The van der Waals surface area contributed by atoms with Crippen LogP contribution in [0.4, 0.5) is 4.39 Å². The van der Waals surface area contributed by atoms with Crippen LogP contribution in [0, 0.1) is 11.7 Å². The number of sulfone groups is 1. The van der Waals surface area contributed by atoms with Crippen LogP contribution >= 0.6 is 0 Å². The zero-order valence-corrected chi connectivity index (χ0v) is 20.1. The standard InChI is InChI=1S/C25H29FN2O4S/c1-5-33(30,31)16-9-10-21(32-22-8-6-7-17(15(2)3)23(22)26)19(13-16)20-14-28(4)25(29)24-18(20)11-12-27-24/h6-10,13-15,18,24,27H,5,11-12H2,1-4H3. The highest BCUT2D eigenvalue weighted by Gasteiger charge is 2.41. The Morgan fingerprint density at radius 3 is 2.67 bits per heavy atom. The molecule has 0 saturated carbocycles. The van der Waals surface area contributed by atoms with Gasteiger partial charge >= 0.3 is 0 Å². The third-order valence-corrected chi connectivity index (χ3v) is 8.14. The number of carbonyl (C=O) groups is 1. The molecule has 2 aromatic carbocycles. The van der Waals surface area contributed by atoms with Gasteiger partial charge in [0.2, 0.25) is 5.91 Å². The van der Waals surface area contributed by atoms with Crippen LogP contribution in [0.15, 0.2) is 47.5 Å². The van der Waals surface area contributed by atoms with Crippen molar-refractivity contribution in [2.75, 3.05) is 19.3 Å². The number of hydrogen-bond donors (Lipinski definition) is 1. The number of fused-ring (bicyclic) bond motifs is 1. The first-order valence-electron chi connectivity index (χ1n) is 11.2. The molecule has 2 aliphatic heterocycles. The summed E-state index contributed by atoms with van der Waals surface area (Å²) in [5.41, 5.74) is 1.90. The smallest absolute Gasteiger partial charge is 0.244 e. The van der Waals surface area contributed by atoms with Gasteiger partial charge in [0, 0.05) is 24.7 Å². The van der Waals surface area contributed by atoms with Crippen LogP contribution in [0.2, 0.25) is 0 Å². The lowest BCUT2D eigenvalue weighted by atomic mass is 9.84. The summed E-state index contributed by atoms with van der Waals surface area (Å²) in [4.78, 5) is 14.3. The van der Waals surface area contributed by atoms with Gasteiger partial charge in [-0.3, -0.25) is 4.79 Å². The zero-order valence-electron chi connectivity index (χ0n) is 19.3. The Bertz CT molecular complexity index is 1220. The molecule has 33 heavy (non-hydrogen) atoms. The summed E-state index contributed by atoms with van der Waals surface area (Å²) in [6.07, 6.45) is 2.47. The van der Waals surface area contributed by atoms with Gasteiger partial charge in [-0.15, -0.1) is 0 Å². The minimum absolute atomic E-state index is 0.0175. The molecule has 0 aromatic heterocycles. The summed E-state index contributed by atoms with van der Waals surface area (Å²) in [6.45, 7) is 6.09. The molecule has 2 aromatic rings. The number of likely N-dealkylation sites (N-methyl/N-ethyl adjacent to an activating group) is 1. The summed E-state index contributed by atoms with van der Waals surface area (Å²) in [6, 6.07) is 9.31. The Kier molecular flexibility index (Phi) is 6.33. The van der Waals surface area contributed by atoms with Gasteiger partial charge in [0.05, 0.1) is 16.7 Å². The van der Waals surface area contributed by atoms with Gasteiger partial charge in [-0.05, 0) is 54.3 Å². The summed E-state index contributed by atoms with van der Waals surface area (Å²) in [7, 11) is -1.80. The molecule has 1 N–H and O–H groups in total. The SMILES string of the molecule is CCS(=O)(=O)c1ccc(Oc2cccc(C(C)C)c2F)c(C2=CN(C)C(=O)C3NCCC23)c1. The maximum atomic E-state index is 15.1. The van der Waals surface area contributed by atoms with Gasteiger partial charge in [-0.1, -0.05) is 32.9 Å². The molecule has 176 valence electrons. The molecule has 1 saturated heterocycles. The van der Waals surface area contributed by atoms with Crippen LogP contribution in [-0.4, -0.2) is 44.6 Å². The van der Waals surface area contributed by atoms with E-state index in [0.717, 1.165) is 12.0 Å². The second kappa shape index (κ2) is 8.91. The molecule has 2 aliphatic rings. The van der Waals surface area contributed by atoms with E-state index in [-0.39, 0.29) is 40.2 Å². The molecule has 2 heterocycles. The molecule has 0 spiro atoms. The number of halogens is 1. The lowest BCUT2D eigenvalue weighted by molar-refractivity contribution is -0.130. The lowest BCUT2D eigenvalue weighted by Gasteiger charge is -2.32. The number of nitrogens with one attached hydrogen (secondary N) is 1. The van der Waals surface area contributed by atoms with Crippen LogP contribution in [0.25, 0.3) is 5.57 Å². The molecule has 2 unspecified atom stereocenters. The number of hydrogen-bond acceptors (Lipinski definition) is 5. The van der Waals surface area contributed by atoms with Crippen molar-refractivity contribution >= 4 is 21.3 Å². The maximum Gasteiger partial charge on any atom is 0.244 e. The number of amides is 1. The molecule has 6 nitrogen and oxygen atoms in total. The third-order valence-electron chi connectivity index (χ3n) is 6.40. The molecular formula is C25H29FN2O4S. The van der Waals surface area contributed by atoms with E-state index in [1.807, 2.05) is 13.8 Å². The van der Waals surface area contributed by atoms with Gasteiger partial charge in [-0.25, -0.2) is 12.8 Å². The minimum Gasteiger partial charge on any atom is -0.454 e. The monoisotopic (exact) mass is 472 g/mol. The summed E-state index contributed by atoms with van der Waals surface area (Å²) >= 11 is 0. The third kappa shape index (κ3) is 4.29. The van der Waals surface area contributed by atoms with Crippen molar-refractivity contribution in [3.63, 3.8) is 0 Å². The van der Waals surface area contributed by atoms with E-state index in [0.29, 0.717) is 23.4 Å². The van der Waals surface area contributed by atoms with E-state index < -0.39 is 15.7 Å². The fraction of sp³-hybridized carbons (Fsp3) is 0.400. The second-order valence-electron chi connectivity index (χ2n) is 8.84. The molecule has 0 bridgehead atoms. The highest BCUT2D eigenvalue weighted by molar-refractivity contribution is 7.91. The number of nitrogens with zero attached hydrogens (tertiary/aromatic N) is 1. The van der Waals surface area contributed by atoms with Crippen molar-refractivity contribution in [1.29, 1.82) is 0 Å². The molecule has 1 amide bonds. The molecular weight excluding hydrogens is 443 g/mol. The summed E-state index contributed by atoms with van der Waals surface area (Å²) in [5.74, 6) is -0.215. The van der Waals surface area contributed by atoms with E-state index in [1.54, 1.807) is 50.5 Å². The predicted molar refractivity (Wildman–Crippen MR) is 125 cm³/mol. The molecule has 1 fully saturated rings. The first-order valence-corrected chi connectivity index (χ1v) is 12.8. The fourth-order valence-corrected chi connectivity index (χ4v) is 5.42. The summed E-state index contributed by atoms with van der Waals surface area (Å²) < 4.78 is 46.5. The molecule has 0 radical (unpaired) electrons. The van der Waals surface area contributed by atoms with Crippen LogP contribution in [0.3, 0.4) is 0 Å². The topological polar surface area (TPSA) is 75.7 Å². The minimum atomic E-state index is -3.47. The van der Waals surface area contributed by atoms with Crippen molar-refractivity contribution in [2.45, 2.75) is 44.0 Å². The zero-order chi connectivity index (χ0) is 23.9. The number of benzene rings is 2. The van der Waals surface area contributed by atoms with E-state index in [9.17, 15) is 13.2 Å². The van der Waals surface area contributed by atoms with Crippen LogP contribution in [-0.2, 0) is 14.6 Å². The second-order valence-corrected chi connectivity index (χ2v) is 11.1. The highest BCUT2D eigenvalue weighted by Crippen LogP contribution is 2.42. The molecule has 4 rings (SSSR count). The largest absolute Gasteiger partial charge is 0.454 e. The van der Waals surface area contributed by atoms with E-state index in [2.05, 4.69) is 5.32 Å². The normalized spacial score (nSPS) is 20.7. The first kappa shape index (κ1) is 23.4. The Morgan fingerprint density at radius 1 is 1.21 bits per heavy atom. The predicted octanol–water partition coefficient (Wildman–Crippen LogP) is 4.33. The highest BCUT2D eigenvalue weighted by atomic mass is 32.2. The van der Waals surface area contributed by atoms with Gasteiger partial charge in [0.15, 0.2) is 21.4 Å². The van der Waals surface area contributed by atoms with Crippen LogP contribution in [0.5, 0.6) is 11.5 Å². The van der Waals surface area contributed by atoms with Gasteiger partial charge in [0.1, 0.15) is 5.75 Å². The molecule has 8 heteroatoms. The lowest BCUT2D eigenvalue weighted by Crippen LogP contribution is -2.46. The van der Waals surface area contributed by atoms with Crippen molar-refractivity contribution in [1.82, 2.24) is 10.2 Å².